The molecule has 2 aliphatic rings. The second-order valence-electron chi connectivity index (χ2n) is 19.1. The Labute approximate surface area is 406 Å². The summed E-state index contributed by atoms with van der Waals surface area (Å²) in [6, 6.07) is 97.8. The molecule has 0 aliphatic heterocycles. The first-order valence-corrected chi connectivity index (χ1v) is 24.4. The first-order chi connectivity index (χ1) is 34.7. The standard InChI is InChI=1S/C69H43N/c1-2-16-44(17-3-1)45-30-32-47(33-31-45)61-42-63-60-26-12-15-29-66(60)69(64-27-13-10-24-58(64)59-25-11-14-28-65(59)69)67(63)43-68(61)70(49-36-38-52-48(40-49)35-34-46-18-4-5-19-51(46)52)50-37-39-57-55-22-7-6-20-53(55)54-21-8-9-23-56(54)62(57)41-50/h1-43H. The summed E-state index contributed by atoms with van der Waals surface area (Å²) < 4.78 is 0. The molecule has 0 heterocycles. The third-order valence-electron chi connectivity index (χ3n) is 15.6. The largest absolute Gasteiger partial charge is 0.310 e. The van der Waals surface area contributed by atoms with Gasteiger partial charge in [-0.05, 0) is 151 Å². The molecule has 0 fully saturated rings. The van der Waals surface area contributed by atoms with Gasteiger partial charge >= 0.3 is 0 Å². The summed E-state index contributed by atoms with van der Waals surface area (Å²) in [5, 5.41) is 12.5. The zero-order chi connectivity index (χ0) is 45.9. The van der Waals surface area contributed by atoms with Crippen LogP contribution in [0.4, 0.5) is 17.1 Å². The Morgan fingerprint density at radius 2 is 0.671 bits per heavy atom. The SMILES string of the molecule is c1ccc(-c2ccc(-c3cc4c(cc3N(c3ccc5c(ccc6ccccc65)c3)c3ccc5c6ccccc6c6ccccc6c5c3)C3(c5ccccc5-c5ccccc53)c3ccccc3-4)cc2)cc1. The third-order valence-corrected chi connectivity index (χ3v) is 15.6. The minimum Gasteiger partial charge on any atom is -0.310 e. The van der Waals surface area contributed by atoms with E-state index in [1.165, 1.54) is 115 Å². The molecular formula is C69H43N. The van der Waals surface area contributed by atoms with Crippen LogP contribution in [0, 0.1) is 0 Å². The van der Waals surface area contributed by atoms with E-state index in [0.29, 0.717) is 0 Å². The lowest BCUT2D eigenvalue weighted by Crippen LogP contribution is -2.26. The zero-order valence-electron chi connectivity index (χ0n) is 38.3. The molecule has 13 aromatic rings. The van der Waals surface area contributed by atoms with Crippen LogP contribution in [0.15, 0.2) is 261 Å². The highest BCUT2D eigenvalue weighted by Gasteiger charge is 2.52. The van der Waals surface area contributed by atoms with Crippen molar-refractivity contribution in [2.24, 2.45) is 0 Å². The predicted molar refractivity (Wildman–Crippen MR) is 296 cm³/mol. The summed E-state index contributed by atoms with van der Waals surface area (Å²) >= 11 is 0. The summed E-state index contributed by atoms with van der Waals surface area (Å²) in [5.41, 5.74) is 18.0. The van der Waals surface area contributed by atoms with Gasteiger partial charge in [0.1, 0.15) is 0 Å². The lowest BCUT2D eigenvalue weighted by Gasteiger charge is -2.33. The van der Waals surface area contributed by atoms with E-state index in [2.05, 4.69) is 266 Å². The van der Waals surface area contributed by atoms with Crippen molar-refractivity contribution in [3.63, 3.8) is 0 Å². The maximum Gasteiger partial charge on any atom is 0.0726 e. The molecule has 0 amide bonds. The van der Waals surface area contributed by atoms with Crippen LogP contribution in [0.2, 0.25) is 0 Å². The number of hydrogen-bond donors (Lipinski definition) is 0. The molecular weight excluding hydrogens is 843 g/mol. The Bertz CT molecular complexity index is 4210. The van der Waals surface area contributed by atoms with Gasteiger partial charge in [0.25, 0.3) is 0 Å². The first kappa shape index (κ1) is 39.0. The topological polar surface area (TPSA) is 3.24 Å². The molecule has 0 bridgehead atoms. The number of hydrogen-bond acceptors (Lipinski definition) is 1. The molecule has 2 aliphatic carbocycles. The fraction of sp³-hybridized carbons (Fsp3) is 0.0145. The van der Waals surface area contributed by atoms with Gasteiger partial charge in [-0.3, -0.25) is 0 Å². The summed E-state index contributed by atoms with van der Waals surface area (Å²) in [7, 11) is 0. The quantitative estimate of drug-likeness (QED) is 0.156. The monoisotopic (exact) mass is 885 g/mol. The smallest absolute Gasteiger partial charge is 0.0726 e. The molecule has 0 N–H and O–H groups in total. The lowest BCUT2D eigenvalue weighted by atomic mass is 9.70. The molecule has 13 aromatic carbocycles. The summed E-state index contributed by atoms with van der Waals surface area (Å²) in [6.07, 6.45) is 0. The molecule has 70 heavy (non-hydrogen) atoms. The van der Waals surface area contributed by atoms with Crippen molar-refractivity contribution in [2.75, 3.05) is 4.90 Å². The number of anilines is 3. The Hall–Kier alpha value is -9.04. The van der Waals surface area contributed by atoms with Gasteiger partial charge in [-0.1, -0.05) is 224 Å². The molecule has 0 unspecified atom stereocenters. The maximum atomic E-state index is 2.57. The van der Waals surface area contributed by atoms with E-state index in [1.54, 1.807) is 0 Å². The molecule has 0 atom stereocenters. The van der Waals surface area contributed by atoms with E-state index >= 15 is 0 Å². The molecule has 0 saturated heterocycles. The molecule has 0 aromatic heterocycles. The predicted octanol–water partition coefficient (Wildman–Crippen LogP) is 18.6. The van der Waals surface area contributed by atoms with Crippen LogP contribution in [-0.2, 0) is 5.41 Å². The van der Waals surface area contributed by atoms with Crippen molar-refractivity contribution in [2.45, 2.75) is 5.41 Å². The number of benzene rings is 13. The summed E-state index contributed by atoms with van der Waals surface area (Å²) in [5.74, 6) is 0. The summed E-state index contributed by atoms with van der Waals surface area (Å²) in [4.78, 5) is 2.56. The van der Waals surface area contributed by atoms with Crippen molar-refractivity contribution in [1.82, 2.24) is 0 Å². The van der Waals surface area contributed by atoms with E-state index in [-0.39, 0.29) is 0 Å². The molecule has 0 saturated carbocycles. The Kier molecular flexibility index (Phi) is 8.35. The van der Waals surface area contributed by atoms with Crippen LogP contribution >= 0.6 is 0 Å². The second-order valence-corrected chi connectivity index (χ2v) is 19.1. The molecule has 15 rings (SSSR count). The van der Waals surface area contributed by atoms with E-state index in [1.807, 2.05) is 0 Å². The Morgan fingerprint density at radius 3 is 1.31 bits per heavy atom. The normalized spacial score (nSPS) is 13.0. The molecule has 1 spiro atoms. The van der Waals surface area contributed by atoms with E-state index < -0.39 is 5.41 Å². The van der Waals surface area contributed by atoms with Gasteiger partial charge in [-0.15, -0.1) is 0 Å². The Balaban J connectivity index is 1.07. The average Bonchev–Trinajstić information content (AvgIpc) is 3.91. The fourth-order valence-electron chi connectivity index (χ4n) is 12.6. The van der Waals surface area contributed by atoms with Gasteiger partial charge in [0, 0.05) is 16.9 Å². The lowest BCUT2D eigenvalue weighted by molar-refractivity contribution is 0.794. The van der Waals surface area contributed by atoms with Gasteiger partial charge in [0.15, 0.2) is 0 Å². The average molecular weight is 886 g/mol. The van der Waals surface area contributed by atoms with Crippen molar-refractivity contribution in [1.29, 1.82) is 0 Å². The highest BCUT2D eigenvalue weighted by Crippen LogP contribution is 2.64. The molecule has 1 nitrogen and oxygen atoms in total. The van der Waals surface area contributed by atoms with Gasteiger partial charge in [-0.2, -0.15) is 0 Å². The minimum absolute atomic E-state index is 0.518. The van der Waals surface area contributed by atoms with Gasteiger partial charge in [-0.25, -0.2) is 0 Å². The number of nitrogens with zero attached hydrogens (tertiary/aromatic N) is 1. The van der Waals surface area contributed by atoms with Crippen molar-refractivity contribution >= 4 is 70.9 Å². The number of rotatable bonds is 5. The van der Waals surface area contributed by atoms with Crippen molar-refractivity contribution < 1.29 is 0 Å². The highest BCUT2D eigenvalue weighted by atomic mass is 15.1. The van der Waals surface area contributed by atoms with Crippen molar-refractivity contribution in [3.05, 3.63) is 283 Å². The van der Waals surface area contributed by atoms with Crippen LogP contribution in [-0.4, -0.2) is 0 Å². The van der Waals surface area contributed by atoms with Crippen LogP contribution in [0.3, 0.4) is 0 Å². The fourth-order valence-corrected chi connectivity index (χ4v) is 12.6. The minimum atomic E-state index is -0.518. The molecule has 0 radical (unpaired) electrons. The van der Waals surface area contributed by atoms with Gasteiger partial charge in [0.2, 0.25) is 0 Å². The van der Waals surface area contributed by atoms with E-state index in [0.717, 1.165) is 22.6 Å². The summed E-state index contributed by atoms with van der Waals surface area (Å²) in [6.45, 7) is 0. The van der Waals surface area contributed by atoms with Crippen LogP contribution < -0.4 is 4.90 Å². The Morgan fingerprint density at radius 1 is 0.229 bits per heavy atom. The highest BCUT2D eigenvalue weighted by molar-refractivity contribution is 6.26. The van der Waals surface area contributed by atoms with Crippen LogP contribution in [0.1, 0.15) is 22.3 Å². The van der Waals surface area contributed by atoms with Crippen LogP contribution in [0.25, 0.3) is 98.4 Å². The molecule has 324 valence electrons. The molecule has 1 heteroatoms. The zero-order valence-corrected chi connectivity index (χ0v) is 38.3. The second kappa shape index (κ2) is 15.0. The van der Waals surface area contributed by atoms with Crippen molar-refractivity contribution in [3.8, 4) is 44.5 Å². The van der Waals surface area contributed by atoms with E-state index in [4.69, 9.17) is 0 Å². The van der Waals surface area contributed by atoms with Gasteiger partial charge < -0.3 is 4.90 Å². The third kappa shape index (κ3) is 5.49. The van der Waals surface area contributed by atoms with Crippen LogP contribution in [0.5, 0.6) is 0 Å². The maximum absolute atomic E-state index is 2.57. The number of fused-ring (bicyclic) bond motifs is 19. The van der Waals surface area contributed by atoms with E-state index in [9.17, 15) is 0 Å². The van der Waals surface area contributed by atoms with Gasteiger partial charge in [0.05, 0.1) is 11.1 Å². The first-order valence-electron chi connectivity index (χ1n) is 24.4.